The molecule has 105 valence electrons. The first-order valence-electron chi connectivity index (χ1n) is 7.37. The van der Waals surface area contributed by atoms with E-state index >= 15 is 0 Å². The van der Waals surface area contributed by atoms with E-state index in [4.69, 9.17) is 0 Å². The number of rotatable bonds is 5. The van der Waals surface area contributed by atoms with Crippen LogP contribution in [0.5, 0.6) is 0 Å². The highest BCUT2D eigenvalue weighted by Crippen LogP contribution is 2.09. The minimum atomic E-state index is -0.904. The molecule has 2 aromatic rings. The Balaban J connectivity index is 2.49. The summed E-state index contributed by atoms with van der Waals surface area (Å²) in [4.78, 5) is 0. The maximum Gasteiger partial charge on any atom is 0.209 e. The van der Waals surface area contributed by atoms with Crippen molar-refractivity contribution < 1.29 is 0 Å². The van der Waals surface area contributed by atoms with E-state index in [9.17, 15) is 0 Å². The zero-order valence-electron chi connectivity index (χ0n) is 12.9. The second-order valence-corrected chi connectivity index (χ2v) is 8.04. The van der Waals surface area contributed by atoms with Gasteiger partial charge in [-0.1, -0.05) is 88.4 Å². The van der Waals surface area contributed by atoms with Crippen LogP contribution in [0.25, 0.3) is 0 Å². The second kappa shape index (κ2) is 6.87. The molecule has 2 heteroatoms. The van der Waals surface area contributed by atoms with Gasteiger partial charge >= 0.3 is 0 Å². The molecule has 0 N–H and O–H groups in total. The third-order valence-corrected chi connectivity index (χ3v) is 6.77. The lowest BCUT2D eigenvalue weighted by molar-refractivity contribution is 0.310. The summed E-state index contributed by atoms with van der Waals surface area (Å²) in [6.45, 7) is 9.21. The van der Waals surface area contributed by atoms with Gasteiger partial charge in [0.15, 0.2) is 0 Å². The fourth-order valence-corrected chi connectivity index (χ4v) is 5.75. The molecule has 0 aliphatic heterocycles. The summed E-state index contributed by atoms with van der Waals surface area (Å²) in [6.07, 6.45) is 0. The summed E-state index contributed by atoms with van der Waals surface area (Å²) in [6, 6.07) is 23.0. The largest absolute Gasteiger partial charge is 0.313 e. The predicted molar refractivity (Wildman–Crippen MR) is 90.0 cm³/mol. The summed E-state index contributed by atoms with van der Waals surface area (Å²) in [7, 11) is -0.904. The van der Waals surface area contributed by atoms with Crippen molar-refractivity contribution in [3.05, 3.63) is 60.7 Å². The molecule has 2 aromatic carbocycles. The van der Waals surface area contributed by atoms with Gasteiger partial charge < -0.3 is 4.57 Å². The monoisotopic (exact) mass is 282 g/mol. The standard InChI is InChI=1S/C18H24NSi/c1-15(2)19(16(3)4)20(17-11-7-5-8-12-17)18-13-9-6-10-14-18/h5-16H,1-4H3. The quantitative estimate of drug-likeness (QED) is 0.762. The molecule has 0 unspecified atom stereocenters. The Morgan fingerprint density at radius 2 is 1.00 bits per heavy atom. The van der Waals surface area contributed by atoms with Gasteiger partial charge in [-0.15, -0.1) is 0 Å². The number of hydrogen-bond donors (Lipinski definition) is 0. The fourth-order valence-electron chi connectivity index (χ4n) is 2.77. The lowest BCUT2D eigenvalue weighted by Crippen LogP contribution is -2.61. The highest BCUT2D eigenvalue weighted by molar-refractivity contribution is 6.83. The van der Waals surface area contributed by atoms with Crippen molar-refractivity contribution in [2.75, 3.05) is 0 Å². The summed E-state index contributed by atoms with van der Waals surface area (Å²) in [5.41, 5.74) is 0. The van der Waals surface area contributed by atoms with Crippen LogP contribution < -0.4 is 10.4 Å². The predicted octanol–water partition coefficient (Wildman–Crippen LogP) is 2.91. The van der Waals surface area contributed by atoms with Gasteiger partial charge in [-0.25, -0.2) is 0 Å². The molecule has 0 atom stereocenters. The van der Waals surface area contributed by atoms with E-state index in [1.54, 1.807) is 0 Å². The molecular formula is C18H24NSi. The molecule has 1 radical (unpaired) electrons. The lowest BCUT2D eigenvalue weighted by Gasteiger charge is -2.37. The first kappa shape index (κ1) is 15.0. The molecule has 0 aromatic heterocycles. The average Bonchev–Trinajstić information content (AvgIpc) is 2.45. The third kappa shape index (κ3) is 3.38. The van der Waals surface area contributed by atoms with E-state index in [1.807, 2.05) is 0 Å². The molecule has 0 bridgehead atoms. The SMILES string of the molecule is CC(C)N(C(C)C)[Si](c1ccccc1)c1ccccc1. The van der Waals surface area contributed by atoms with Crippen molar-refractivity contribution in [3.63, 3.8) is 0 Å². The van der Waals surface area contributed by atoms with Crippen molar-refractivity contribution in [3.8, 4) is 0 Å². The van der Waals surface area contributed by atoms with Crippen LogP contribution in [0.1, 0.15) is 27.7 Å². The first-order valence-corrected chi connectivity index (χ1v) is 8.82. The molecule has 2 rings (SSSR count). The number of benzene rings is 2. The molecule has 0 saturated heterocycles. The molecule has 0 amide bonds. The summed E-state index contributed by atoms with van der Waals surface area (Å²) >= 11 is 0. The van der Waals surface area contributed by atoms with E-state index in [0.29, 0.717) is 12.1 Å². The smallest absolute Gasteiger partial charge is 0.209 e. The summed E-state index contributed by atoms with van der Waals surface area (Å²) in [5, 5.41) is 2.93. The molecule has 0 aliphatic rings. The molecule has 0 heterocycles. The van der Waals surface area contributed by atoms with Crippen LogP contribution in [0.15, 0.2) is 60.7 Å². The number of hydrogen-bond acceptors (Lipinski definition) is 1. The molecular weight excluding hydrogens is 258 g/mol. The van der Waals surface area contributed by atoms with Crippen LogP contribution >= 0.6 is 0 Å². The highest BCUT2D eigenvalue weighted by Gasteiger charge is 2.29. The van der Waals surface area contributed by atoms with E-state index in [0.717, 1.165) is 0 Å². The fraction of sp³-hybridized carbons (Fsp3) is 0.333. The van der Waals surface area contributed by atoms with Crippen molar-refractivity contribution in [1.29, 1.82) is 0 Å². The van der Waals surface area contributed by atoms with Crippen LogP contribution in [-0.2, 0) is 0 Å². The van der Waals surface area contributed by atoms with Gasteiger partial charge in [-0.05, 0) is 22.5 Å². The van der Waals surface area contributed by atoms with Gasteiger partial charge in [-0.2, -0.15) is 0 Å². The van der Waals surface area contributed by atoms with Gasteiger partial charge in [0.1, 0.15) is 0 Å². The Kier molecular flexibility index (Phi) is 5.15. The highest BCUT2D eigenvalue weighted by atomic mass is 28.3. The van der Waals surface area contributed by atoms with Crippen molar-refractivity contribution in [2.45, 2.75) is 39.8 Å². The first-order chi connectivity index (χ1) is 9.61. The van der Waals surface area contributed by atoms with Crippen LogP contribution in [0.2, 0.25) is 0 Å². The topological polar surface area (TPSA) is 3.24 Å². The third-order valence-electron chi connectivity index (χ3n) is 3.47. The maximum atomic E-state index is 2.68. The summed E-state index contributed by atoms with van der Waals surface area (Å²) in [5.74, 6) is 0. The van der Waals surface area contributed by atoms with Gasteiger partial charge in [-0.3, -0.25) is 0 Å². The van der Waals surface area contributed by atoms with Crippen molar-refractivity contribution >= 4 is 19.3 Å². The Morgan fingerprint density at radius 1 is 0.650 bits per heavy atom. The van der Waals surface area contributed by atoms with E-state index in [-0.39, 0.29) is 0 Å². The summed E-state index contributed by atoms with van der Waals surface area (Å²) < 4.78 is 2.68. The van der Waals surface area contributed by atoms with E-state index < -0.39 is 8.96 Å². The van der Waals surface area contributed by atoms with Gasteiger partial charge in [0.05, 0.1) is 0 Å². The van der Waals surface area contributed by atoms with Crippen molar-refractivity contribution in [2.24, 2.45) is 0 Å². The maximum absolute atomic E-state index is 2.68. The minimum absolute atomic E-state index is 0.546. The Labute approximate surface area is 124 Å². The molecule has 0 fully saturated rings. The van der Waals surface area contributed by atoms with Gasteiger partial charge in [0, 0.05) is 0 Å². The van der Waals surface area contributed by atoms with E-state index in [1.165, 1.54) is 10.4 Å². The Hall–Kier alpha value is -1.38. The Morgan fingerprint density at radius 3 is 1.30 bits per heavy atom. The number of nitrogens with zero attached hydrogens (tertiary/aromatic N) is 1. The van der Waals surface area contributed by atoms with Crippen LogP contribution in [-0.4, -0.2) is 25.6 Å². The average molecular weight is 282 g/mol. The minimum Gasteiger partial charge on any atom is -0.313 e. The van der Waals surface area contributed by atoms with E-state index in [2.05, 4.69) is 92.9 Å². The normalized spacial score (nSPS) is 11.8. The molecule has 0 saturated carbocycles. The zero-order chi connectivity index (χ0) is 14.5. The lowest BCUT2D eigenvalue weighted by atomic mass is 10.3. The van der Waals surface area contributed by atoms with Crippen LogP contribution in [0.4, 0.5) is 0 Å². The molecule has 20 heavy (non-hydrogen) atoms. The van der Waals surface area contributed by atoms with Crippen molar-refractivity contribution in [1.82, 2.24) is 4.57 Å². The Bertz CT molecular complexity index is 460. The van der Waals surface area contributed by atoms with Crippen LogP contribution in [0.3, 0.4) is 0 Å². The zero-order valence-corrected chi connectivity index (χ0v) is 13.9. The second-order valence-electron chi connectivity index (χ2n) is 5.68. The molecule has 0 aliphatic carbocycles. The van der Waals surface area contributed by atoms with Crippen LogP contribution in [0, 0.1) is 0 Å². The molecule has 0 spiro atoms. The van der Waals surface area contributed by atoms with Gasteiger partial charge in [0.2, 0.25) is 8.96 Å². The van der Waals surface area contributed by atoms with Gasteiger partial charge in [0.25, 0.3) is 0 Å². The molecule has 1 nitrogen and oxygen atoms in total.